The number of hydrogen-bond acceptors (Lipinski definition) is 9. The molecule has 5 aromatic carbocycles. The first-order chi connectivity index (χ1) is 24.3. The van der Waals surface area contributed by atoms with Gasteiger partial charge in [0, 0.05) is 28.9 Å². The molecule has 1 amide bonds. The molecule has 0 aromatic heterocycles. The van der Waals surface area contributed by atoms with E-state index < -0.39 is 38.2 Å². The van der Waals surface area contributed by atoms with Crippen LogP contribution in [-0.4, -0.2) is 36.3 Å². The topological polar surface area (TPSA) is 191 Å². The van der Waals surface area contributed by atoms with E-state index in [1.165, 1.54) is 12.1 Å². The van der Waals surface area contributed by atoms with Gasteiger partial charge in [0.2, 0.25) is 0 Å². The van der Waals surface area contributed by atoms with Crippen LogP contribution in [-0.2, 0) is 23.2 Å². The van der Waals surface area contributed by atoms with Crippen LogP contribution in [0, 0.1) is 20.8 Å². The van der Waals surface area contributed by atoms with Gasteiger partial charge in [0.05, 0.1) is 29.0 Å². The monoisotopic (exact) mass is 724 g/mol. The zero-order valence-electron chi connectivity index (χ0n) is 28.9. The van der Waals surface area contributed by atoms with E-state index in [0.29, 0.717) is 39.1 Å². The van der Waals surface area contributed by atoms with Crippen molar-refractivity contribution in [1.82, 2.24) is 5.32 Å². The van der Waals surface area contributed by atoms with Gasteiger partial charge in [-0.05, 0) is 78.2 Å². The average Bonchev–Trinajstić information content (AvgIpc) is 3.12. The minimum absolute atomic E-state index is 0. The molecule has 1 aliphatic rings. The number of ketones is 2. The smallest absolute Gasteiger partial charge is 0.858 e. The average molecular weight is 725 g/mol. The predicted molar refractivity (Wildman–Crippen MR) is 192 cm³/mol. The third-order valence-corrected chi connectivity index (χ3v) is 10.1. The molecular weight excluding hydrogens is 692 g/mol. The summed E-state index contributed by atoms with van der Waals surface area (Å²) in [5.41, 5.74) is 9.80. The van der Waals surface area contributed by atoms with Crippen molar-refractivity contribution in [2.45, 2.75) is 38.8 Å². The molecule has 13 heteroatoms. The Balaban J connectivity index is 0.00000523. The first-order valence-electron chi connectivity index (χ1n) is 15.9. The molecule has 5 aromatic rings. The molecule has 258 valence electrons. The van der Waals surface area contributed by atoms with Crippen LogP contribution >= 0.6 is 0 Å². The second-order valence-electron chi connectivity index (χ2n) is 12.1. The van der Waals surface area contributed by atoms with Gasteiger partial charge in [0.15, 0.2) is 11.6 Å². The predicted octanol–water partition coefficient (Wildman–Crippen LogP) is 2.20. The molecule has 0 heterocycles. The van der Waals surface area contributed by atoms with Crippen LogP contribution in [0.15, 0.2) is 101 Å². The Labute approximate surface area is 323 Å². The maximum atomic E-state index is 14.0. The van der Waals surface area contributed by atoms with Crippen LogP contribution < -0.4 is 51.0 Å². The summed E-state index contributed by atoms with van der Waals surface area (Å²) in [7, 11) is -4.96. The molecule has 5 N–H and O–H groups in total. The van der Waals surface area contributed by atoms with Crippen LogP contribution in [0.1, 0.15) is 75.6 Å². The molecule has 52 heavy (non-hydrogen) atoms. The number of nitrogen functional groups attached to an aromatic ring is 1. The maximum Gasteiger partial charge on any atom is 1.00 e. The normalized spacial score (nSPS) is 12.4. The van der Waals surface area contributed by atoms with Crippen molar-refractivity contribution < 1.29 is 62.0 Å². The number of anilines is 3. The molecule has 0 saturated carbocycles. The van der Waals surface area contributed by atoms with Gasteiger partial charge < -0.3 is 21.5 Å². The number of benzene rings is 5. The number of nitrogens with two attached hydrogens (primary N) is 1. The fourth-order valence-electron chi connectivity index (χ4n) is 6.44. The van der Waals surface area contributed by atoms with Crippen LogP contribution in [0.2, 0.25) is 0 Å². The molecule has 0 unspecified atom stereocenters. The van der Waals surface area contributed by atoms with Crippen molar-refractivity contribution in [3.05, 3.63) is 152 Å². The first kappa shape index (κ1) is 38.1. The number of aliphatic imine (C=N–C) groups is 1. The SMILES string of the molecule is Cc1c(CN=C([O-])c2ccccc2)c(C)c(Nc2cc(S(=O)(=O)O)c(N)c3c2C(=O)c2ccccc2C3=O)c(C)c1CNC(=O)c1ccccc1.[Na+]. The fourth-order valence-corrected chi connectivity index (χ4v) is 7.09. The summed E-state index contributed by atoms with van der Waals surface area (Å²) in [5.74, 6) is -2.00. The van der Waals surface area contributed by atoms with Crippen LogP contribution in [0.25, 0.3) is 0 Å². The minimum Gasteiger partial charge on any atom is -0.858 e. The Morgan fingerprint density at radius 1 is 0.788 bits per heavy atom. The van der Waals surface area contributed by atoms with Crippen LogP contribution in [0.3, 0.4) is 0 Å². The quantitative estimate of drug-likeness (QED) is 0.0570. The van der Waals surface area contributed by atoms with Crippen LogP contribution in [0.4, 0.5) is 17.1 Å². The molecule has 0 atom stereocenters. The summed E-state index contributed by atoms with van der Waals surface area (Å²) in [4.78, 5) is 44.4. The van der Waals surface area contributed by atoms with E-state index in [-0.39, 0.29) is 76.5 Å². The van der Waals surface area contributed by atoms with E-state index >= 15 is 0 Å². The Morgan fingerprint density at radius 2 is 1.31 bits per heavy atom. The summed E-state index contributed by atoms with van der Waals surface area (Å²) >= 11 is 0. The summed E-state index contributed by atoms with van der Waals surface area (Å²) in [5, 5.41) is 19.2. The Bertz CT molecular complexity index is 2400. The second kappa shape index (κ2) is 15.2. The first-order valence-corrected chi connectivity index (χ1v) is 17.3. The van der Waals surface area contributed by atoms with Gasteiger partial charge >= 0.3 is 29.6 Å². The van der Waals surface area contributed by atoms with Crippen LogP contribution in [0.5, 0.6) is 0 Å². The maximum absolute atomic E-state index is 14.0. The van der Waals surface area contributed by atoms with Gasteiger partial charge in [-0.2, -0.15) is 8.42 Å². The zero-order valence-corrected chi connectivity index (χ0v) is 31.7. The van der Waals surface area contributed by atoms with E-state index in [9.17, 15) is 32.5 Å². The third kappa shape index (κ3) is 7.16. The Morgan fingerprint density at radius 3 is 1.88 bits per heavy atom. The largest absolute Gasteiger partial charge is 1.00 e. The van der Waals surface area contributed by atoms with Crippen molar-refractivity contribution in [3.8, 4) is 0 Å². The summed E-state index contributed by atoms with van der Waals surface area (Å²) < 4.78 is 35.3. The molecule has 0 fully saturated rings. The molecule has 1 aliphatic carbocycles. The summed E-state index contributed by atoms with van der Waals surface area (Å²) in [6.07, 6.45) is 0. The molecule has 11 nitrogen and oxygen atoms in total. The van der Waals surface area contributed by atoms with Gasteiger partial charge in [-0.1, -0.05) is 72.8 Å². The number of carbonyl (C=O) groups is 3. The van der Waals surface area contributed by atoms with Gasteiger partial charge in [-0.3, -0.25) is 23.9 Å². The van der Waals surface area contributed by atoms with Gasteiger partial charge in [0.1, 0.15) is 4.90 Å². The number of nitrogens with zero attached hydrogens (tertiary/aromatic N) is 1. The van der Waals surface area contributed by atoms with Gasteiger partial charge in [0.25, 0.3) is 16.0 Å². The zero-order chi connectivity index (χ0) is 36.6. The standard InChI is InChI=1S/C39H34N4O7S.Na/c1-21-28(19-41-38(46)24-12-6-4-7-13-24)22(2)35(23(3)29(21)20-42-39(47)25-14-8-5-9-15-25)43-30-18-31(51(48,49)50)34(40)33-32(30)36(44)26-16-10-11-17-27(26)37(33)45;/h4-18,43H,19-20,40H2,1-3H3,(H,41,46)(H,42,47)(H,48,49,50);/q;+1/p-1. The molecule has 0 aliphatic heterocycles. The molecule has 6 rings (SSSR count). The third-order valence-electron chi connectivity index (χ3n) is 9.16. The molecular formula is C39H33N4NaO7S. The number of fused-ring (bicyclic) bond motifs is 2. The van der Waals surface area contributed by atoms with E-state index in [1.807, 2.05) is 6.92 Å². The summed E-state index contributed by atoms with van der Waals surface area (Å²) in [6, 6.07) is 24.4. The number of rotatable bonds is 9. The van der Waals surface area contributed by atoms with Crippen molar-refractivity contribution >= 4 is 50.6 Å². The molecule has 0 saturated heterocycles. The van der Waals surface area contributed by atoms with Crippen molar-refractivity contribution in [1.29, 1.82) is 0 Å². The van der Waals surface area contributed by atoms with E-state index in [2.05, 4.69) is 15.6 Å². The second-order valence-corrected chi connectivity index (χ2v) is 13.5. The van der Waals surface area contributed by atoms with E-state index in [1.54, 1.807) is 86.6 Å². The summed E-state index contributed by atoms with van der Waals surface area (Å²) in [6.45, 7) is 5.45. The molecule has 0 radical (unpaired) electrons. The van der Waals surface area contributed by atoms with E-state index in [0.717, 1.165) is 11.6 Å². The molecule has 0 bridgehead atoms. The number of hydrogen-bond donors (Lipinski definition) is 4. The molecule has 0 spiro atoms. The Hall–Kier alpha value is -5.11. The fraction of sp³-hybridized carbons (Fsp3) is 0.128. The van der Waals surface area contributed by atoms with Crippen molar-refractivity contribution in [2.75, 3.05) is 11.1 Å². The number of amides is 1. The van der Waals surface area contributed by atoms with Crippen molar-refractivity contribution in [3.63, 3.8) is 0 Å². The van der Waals surface area contributed by atoms with Crippen molar-refractivity contribution in [2.24, 2.45) is 4.99 Å². The van der Waals surface area contributed by atoms with Gasteiger partial charge in [-0.15, -0.1) is 0 Å². The van der Waals surface area contributed by atoms with Gasteiger partial charge in [-0.25, -0.2) is 0 Å². The minimum atomic E-state index is -4.96. The number of carbonyl (C=O) groups excluding carboxylic acids is 3. The Kier molecular flexibility index (Phi) is 11.2. The van der Waals surface area contributed by atoms with E-state index in [4.69, 9.17) is 5.73 Å². The number of nitrogens with one attached hydrogen (secondary N) is 2.